The predicted molar refractivity (Wildman–Crippen MR) is 84.5 cm³/mol. The minimum Gasteiger partial charge on any atom is -0.207 e. The fourth-order valence-corrected chi connectivity index (χ4v) is 3.60. The number of allylic oxidation sites excluding steroid dienone is 1. The molecule has 20 heavy (non-hydrogen) atoms. The third-order valence-electron chi connectivity index (χ3n) is 3.16. The van der Waals surface area contributed by atoms with Crippen LogP contribution in [0.25, 0.3) is 0 Å². The van der Waals surface area contributed by atoms with Gasteiger partial charge >= 0.3 is 0 Å². The average Bonchev–Trinajstić information content (AvgIpc) is 2.39. The quantitative estimate of drug-likeness (QED) is 0.682. The molecule has 0 fully saturated rings. The van der Waals surface area contributed by atoms with E-state index in [-0.39, 0.29) is 18.8 Å². The van der Waals surface area contributed by atoms with Crippen molar-refractivity contribution in [3.63, 3.8) is 0 Å². The molecule has 0 radical (unpaired) electrons. The molecule has 0 saturated carbocycles. The van der Waals surface area contributed by atoms with Crippen LogP contribution in [0.1, 0.15) is 33.1 Å². The topological polar surface area (TPSA) is 46.2 Å². The smallest absolute Gasteiger partial charge is 0.207 e. The predicted octanol–water partition coefficient (Wildman–Crippen LogP) is 3.71. The summed E-state index contributed by atoms with van der Waals surface area (Å²) in [6.07, 6.45) is 7.54. The first-order valence-electron chi connectivity index (χ1n) is 6.48. The molecular weight excluding hydrogens is 294 g/mol. The van der Waals surface area contributed by atoms with E-state index in [0.29, 0.717) is 4.90 Å². The highest BCUT2D eigenvalue weighted by atomic mass is 35.5. The van der Waals surface area contributed by atoms with E-state index in [1.54, 1.807) is 30.3 Å². The molecule has 0 aliphatic heterocycles. The molecule has 1 aromatic carbocycles. The maximum absolute atomic E-state index is 12.2. The van der Waals surface area contributed by atoms with E-state index in [2.05, 4.69) is 4.72 Å². The highest BCUT2D eigenvalue weighted by Crippen LogP contribution is 2.18. The molecule has 1 aliphatic carbocycles. The van der Waals surface area contributed by atoms with Crippen LogP contribution in [0.5, 0.6) is 0 Å². The third-order valence-corrected chi connectivity index (χ3v) is 5.03. The molecule has 2 unspecified atom stereocenters. The van der Waals surface area contributed by atoms with Crippen LogP contribution in [0.2, 0.25) is 0 Å². The van der Waals surface area contributed by atoms with Gasteiger partial charge in [-0.25, -0.2) is 13.1 Å². The zero-order chi connectivity index (χ0) is 13.7. The van der Waals surface area contributed by atoms with E-state index in [1.165, 1.54) is 0 Å². The number of rotatable bonds is 3. The Hall–Kier alpha value is -0.840. The molecule has 0 spiro atoms. The van der Waals surface area contributed by atoms with Crippen LogP contribution in [0.3, 0.4) is 0 Å². The summed E-state index contributed by atoms with van der Waals surface area (Å²) in [6.45, 7) is 0. The molecule has 2 atom stereocenters. The zero-order valence-electron chi connectivity index (χ0n) is 10.6. The van der Waals surface area contributed by atoms with Crippen LogP contribution in [0.15, 0.2) is 47.4 Å². The molecule has 0 heterocycles. The van der Waals surface area contributed by atoms with Gasteiger partial charge in [0.1, 0.15) is 0 Å². The number of alkyl halides is 1. The Balaban J connectivity index is 0.00000200. The van der Waals surface area contributed by atoms with Gasteiger partial charge in [0.25, 0.3) is 0 Å². The summed E-state index contributed by atoms with van der Waals surface area (Å²) in [7, 11) is -3.45. The molecule has 112 valence electrons. The molecular formula is C15H22ClNO2S. The molecule has 1 N–H and O–H groups in total. The lowest BCUT2D eigenvalue weighted by molar-refractivity contribution is 0.538. The Kier molecular flexibility index (Phi) is 6.72. The summed E-state index contributed by atoms with van der Waals surface area (Å²) >= 11 is 6.08. The number of sulfonamides is 1. The molecule has 0 bridgehead atoms. The fraction of sp³-hybridized carbons (Fsp3) is 0.467. The molecule has 2 rings (SSSR count). The van der Waals surface area contributed by atoms with Crippen molar-refractivity contribution in [2.75, 3.05) is 0 Å². The van der Waals surface area contributed by atoms with Gasteiger partial charge in [-0.2, -0.15) is 0 Å². The lowest BCUT2D eigenvalue weighted by Gasteiger charge is -2.18. The maximum Gasteiger partial charge on any atom is 0.241 e. The minimum atomic E-state index is -3.45. The van der Waals surface area contributed by atoms with E-state index >= 15 is 0 Å². The van der Waals surface area contributed by atoms with Crippen molar-refractivity contribution in [2.45, 2.75) is 49.4 Å². The van der Waals surface area contributed by atoms with Crippen LogP contribution in [-0.4, -0.2) is 19.8 Å². The van der Waals surface area contributed by atoms with Crippen molar-refractivity contribution in [3.05, 3.63) is 42.5 Å². The molecule has 1 aromatic rings. The standard InChI is InChI=1S/C14H18ClNO2S.CH4/c15-12-6-4-5-7-13(11-10-12)16-19(17,18)14-8-2-1-3-9-14;/h1-3,8-13,16H,4-7H2;1H4/b11-10-;. The van der Waals surface area contributed by atoms with Gasteiger partial charge in [0.05, 0.1) is 10.3 Å². The molecule has 3 nitrogen and oxygen atoms in total. The lowest BCUT2D eigenvalue weighted by atomic mass is 10.0. The van der Waals surface area contributed by atoms with Crippen LogP contribution in [0, 0.1) is 0 Å². The van der Waals surface area contributed by atoms with Crippen molar-refractivity contribution in [1.82, 2.24) is 4.72 Å². The van der Waals surface area contributed by atoms with E-state index in [4.69, 9.17) is 11.6 Å². The largest absolute Gasteiger partial charge is 0.241 e. The second-order valence-corrected chi connectivity index (χ2v) is 7.00. The SMILES string of the molecule is C.O=S(=O)(NC1/C=C\C(Cl)CCCC1)c1ccccc1. The average molecular weight is 316 g/mol. The third kappa shape index (κ3) is 4.93. The van der Waals surface area contributed by atoms with Gasteiger partial charge < -0.3 is 0 Å². The van der Waals surface area contributed by atoms with Crippen molar-refractivity contribution < 1.29 is 8.42 Å². The number of halogens is 1. The highest BCUT2D eigenvalue weighted by Gasteiger charge is 2.19. The van der Waals surface area contributed by atoms with E-state index in [0.717, 1.165) is 25.7 Å². The first kappa shape index (κ1) is 17.2. The van der Waals surface area contributed by atoms with Gasteiger partial charge in [0.2, 0.25) is 10.0 Å². The van der Waals surface area contributed by atoms with Crippen LogP contribution >= 0.6 is 11.6 Å². The second-order valence-electron chi connectivity index (χ2n) is 4.73. The van der Waals surface area contributed by atoms with E-state index in [1.807, 2.05) is 12.2 Å². The van der Waals surface area contributed by atoms with Crippen molar-refractivity contribution in [3.8, 4) is 0 Å². The highest BCUT2D eigenvalue weighted by molar-refractivity contribution is 7.89. The molecule has 1 aliphatic rings. The zero-order valence-corrected chi connectivity index (χ0v) is 12.2. The lowest BCUT2D eigenvalue weighted by Crippen LogP contribution is -2.34. The molecule has 0 amide bonds. The van der Waals surface area contributed by atoms with Gasteiger partial charge in [-0.15, -0.1) is 11.6 Å². The Morgan fingerprint density at radius 3 is 2.40 bits per heavy atom. The minimum absolute atomic E-state index is 0. The van der Waals surface area contributed by atoms with Crippen LogP contribution in [-0.2, 0) is 10.0 Å². The first-order chi connectivity index (χ1) is 9.08. The monoisotopic (exact) mass is 315 g/mol. The van der Waals surface area contributed by atoms with Crippen molar-refractivity contribution >= 4 is 21.6 Å². The number of benzene rings is 1. The van der Waals surface area contributed by atoms with Crippen molar-refractivity contribution in [1.29, 1.82) is 0 Å². The number of hydrogen-bond donors (Lipinski definition) is 1. The van der Waals surface area contributed by atoms with Crippen molar-refractivity contribution in [2.24, 2.45) is 0 Å². The summed E-state index contributed by atoms with van der Waals surface area (Å²) in [5.74, 6) is 0. The Morgan fingerprint density at radius 2 is 1.70 bits per heavy atom. The summed E-state index contributed by atoms with van der Waals surface area (Å²) in [4.78, 5) is 0.299. The van der Waals surface area contributed by atoms with Gasteiger partial charge in [-0.3, -0.25) is 0 Å². The molecule has 0 aromatic heterocycles. The van der Waals surface area contributed by atoms with Crippen LogP contribution in [0.4, 0.5) is 0 Å². The molecule has 0 saturated heterocycles. The van der Waals surface area contributed by atoms with Gasteiger partial charge in [0, 0.05) is 6.04 Å². The fourth-order valence-electron chi connectivity index (χ4n) is 2.12. The Morgan fingerprint density at radius 1 is 1.05 bits per heavy atom. The first-order valence-corrected chi connectivity index (χ1v) is 8.40. The normalized spacial score (nSPS) is 25.1. The number of hydrogen-bond acceptors (Lipinski definition) is 2. The van der Waals surface area contributed by atoms with Gasteiger partial charge in [-0.05, 0) is 25.0 Å². The Labute approximate surface area is 127 Å². The van der Waals surface area contributed by atoms with E-state index < -0.39 is 10.0 Å². The number of nitrogens with one attached hydrogen (secondary N) is 1. The van der Waals surface area contributed by atoms with Gasteiger partial charge in [0.15, 0.2) is 0 Å². The summed E-state index contributed by atoms with van der Waals surface area (Å²) < 4.78 is 27.1. The van der Waals surface area contributed by atoms with Gasteiger partial charge in [-0.1, -0.05) is 50.6 Å². The maximum atomic E-state index is 12.2. The summed E-state index contributed by atoms with van der Waals surface area (Å²) in [5.41, 5.74) is 0. The molecule has 5 heteroatoms. The summed E-state index contributed by atoms with van der Waals surface area (Å²) in [5, 5.41) is 0.00373. The summed E-state index contributed by atoms with van der Waals surface area (Å²) in [6, 6.07) is 8.26. The second kappa shape index (κ2) is 7.81. The van der Waals surface area contributed by atoms with Crippen LogP contribution < -0.4 is 4.72 Å². The Bertz CT molecular complexity index is 528. The van der Waals surface area contributed by atoms with E-state index in [9.17, 15) is 8.42 Å².